The number of pyridine rings is 2. The van der Waals surface area contributed by atoms with Gasteiger partial charge in [-0.15, -0.1) is 0 Å². The van der Waals surface area contributed by atoms with E-state index in [1.165, 1.54) is 6.20 Å². The number of aromatic hydroxyl groups is 2. The normalized spacial score (nSPS) is 10.8. The van der Waals surface area contributed by atoms with E-state index in [-0.39, 0.29) is 47.3 Å². The second kappa shape index (κ2) is 12.7. The number of esters is 2. The number of benzene rings is 2. The van der Waals surface area contributed by atoms with Gasteiger partial charge in [-0.3, -0.25) is 0 Å². The fourth-order valence-corrected chi connectivity index (χ4v) is 4.68. The zero-order chi connectivity index (χ0) is 30.5. The van der Waals surface area contributed by atoms with E-state index in [1.807, 2.05) is 60.7 Å². The molecule has 2 N–H and O–H groups in total. The molecular formula is C30H23BrN4O8. The van der Waals surface area contributed by atoms with Crippen LogP contribution in [0.5, 0.6) is 11.5 Å². The largest absolute Gasteiger partial charge is 0.502 e. The number of halogens is 1. The highest BCUT2D eigenvalue weighted by Gasteiger charge is 2.25. The third-order valence-corrected chi connectivity index (χ3v) is 6.64. The van der Waals surface area contributed by atoms with Crippen molar-refractivity contribution < 1.29 is 38.3 Å². The quantitative estimate of drug-likeness (QED) is 0.153. The van der Waals surface area contributed by atoms with Crippen molar-refractivity contribution in [3.05, 3.63) is 82.9 Å². The molecule has 0 radical (unpaired) electrons. The average Bonchev–Trinajstić information content (AvgIpc) is 3.67. The van der Waals surface area contributed by atoms with Crippen molar-refractivity contribution in [2.75, 3.05) is 13.2 Å². The van der Waals surface area contributed by atoms with E-state index in [2.05, 4.69) is 36.2 Å². The lowest BCUT2D eigenvalue weighted by Crippen LogP contribution is -2.07. The Labute approximate surface area is 252 Å². The van der Waals surface area contributed by atoms with E-state index in [0.29, 0.717) is 26.8 Å². The van der Waals surface area contributed by atoms with Gasteiger partial charge < -0.3 is 28.7 Å². The second-order valence-corrected chi connectivity index (χ2v) is 9.49. The fraction of sp³-hybridized carbons (Fsp3) is 0.133. The number of hydrogen-bond donors (Lipinski definition) is 2. The summed E-state index contributed by atoms with van der Waals surface area (Å²) in [5.74, 6) is -2.17. The van der Waals surface area contributed by atoms with Gasteiger partial charge in [-0.05, 0) is 29.8 Å². The summed E-state index contributed by atoms with van der Waals surface area (Å²) in [7, 11) is 0. The highest BCUT2D eigenvalue weighted by atomic mass is 79.9. The maximum Gasteiger partial charge on any atom is 0.361 e. The van der Waals surface area contributed by atoms with Crippen LogP contribution in [0, 0.1) is 0 Å². The molecule has 2 aromatic carbocycles. The Hall–Kier alpha value is -5.30. The van der Waals surface area contributed by atoms with Gasteiger partial charge in [0.1, 0.15) is 16.0 Å². The van der Waals surface area contributed by atoms with E-state index in [9.17, 15) is 19.8 Å². The van der Waals surface area contributed by atoms with Crippen LogP contribution < -0.4 is 0 Å². The summed E-state index contributed by atoms with van der Waals surface area (Å²) in [5, 5.41) is 29.3. The van der Waals surface area contributed by atoms with Crippen molar-refractivity contribution in [2.24, 2.45) is 0 Å². The maximum atomic E-state index is 11.8. The number of nitrogens with zero attached hydrogens (tertiary/aromatic N) is 4. The summed E-state index contributed by atoms with van der Waals surface area (Å²) in [6, 6.07) is 18.7. The number of rotatable bonds is 6. The number of hydrogen-bond acceptors (Lipinski definition) is 12. The van der Waals surface area contributed by atoms with Crippen LogP contribution in [0.2, 0.25) is 0 Å². The maximum absolute atomic E-state index is 11.8. The number of carbonyl (C=O) groups is 2. The van der Waals surface area contributed by atoms with Crippen LogP contribution in [0.3, 0.4) is 0 Å². The third kappa shape index (κ3) is 5.75. The fourth-order valence-electron chi connectivity index (χ4n) is 4.13. The van der Waals surface area contributed by atoms with E-state index in [1.54, 1.807) is 13.8 Å². The molecule has 0 aliphatic rings. The Morgan fingerprint density at radius 3 is 1.88 bits per heavy atom. The molecule has 0 fully saturated rings. The highest BCUT2D eigenvalue weighted by Crippen LogP contribution is 2.39. The SMILES string of the molecule is CCOC(=O)c1nc(Br)c2c(-c3ccccc3)noc2c1O.CCOC(=O)c1ncc2c(-c3ccccc3)noc2c1O. The van der Waals surface area contributed by atoms with Crippen LogP contribution in [0.15, 0.2) is 80.5 Å². The first-order chi connectivity index (χ1) is 20.8. The van der Waals surface area contributed by atoms with E-state index >= 15 is 0 Å². The summed E-state index contributed by atoms with van der Waals surface area (Å²) < 4.78 is 20.4. The number of ether oxygens (including phenoxy) is 2. The molecule has 13 heteroatoms. The van der Waals surface area contributed by atoms with Gasteiger partial charge >= 0.3 is 11.9 Å². The van der Waals surface area contributed by atoms with Gasteiger partial charge in [0.05, 0.1) is 24.0 Å². The molecule has 0 bridgehead atoms. The van der Waals surface area contributed by atoms with E-state index < -0.39 is 11.9 Å². The molecule has 0 saturated heterocycles. The zero-order valence-corrected chi connectivity index (χ0v) is 24.4. The Morgan fingerprint density at radius 1 is 0.767 bits per heavy atom. The second-order valence-electron chi connectivity index (χ2n) is 8.74. The predicted molar refractivity (Wildman–Crippen MR) is 157 cm³/mol. The van der Waals surface area contributed by atoms with Gasteiger partial charge in [-0.2, -0.15) is 0 Å². The van der Waals surface area contributed by atoms with Gasteiger partial charge in [0.15, 0.2) is 22.9 Å². The van der Waals surface area contributed by atoms with Crippen molar-refractivity contribution in [3.8, 4) is 34.0 Å². The molecule has 0 atom stereocenters. The van der Waals surface area contributed by atoms with Gasteiger partial charge in [0.25, 0.3) is 0 Å². The van der Waals surface area contributed by atoms with Crippen LogP contribution in [0.4, 0.5) is 0 Å². The summed E-state index contributed by atoms with van der Waals surface area (Å²) in [6.45, 7) is 3.73. The van der Waals surface area contributed by atoms with Crippen molar-refractivity contribution in [1.29, 1.82) is 0 Å². The minimum Gasteiger partial charge on any atom is -0.502 e. The molecule has 4 aromatic heterocycles. The molecule has 0 amide bonds. The Bertz CT molecular complexity index is 1920. The lowest BCUT2D eigenvalue weighted by atomic mass is 10.1. The Morgan fingerprint density at radius 2 is 1.28 bits per heavy atom. The van der Waals surface area contributed by atoms with Crippen molar-refractivity contribution in [3.63, 3.8) is 0 Å². The standard InChI is InChI=1S/C15H11BrN2O4.C15H12N2O4/c1-2-21-15(20)11-12(19)13-9(14(16)17-11)10(18-22-13)8-6-4-3-5-7-8;1-2-20-15(19)12-13(18)14-10(8-16-12)11(17-21-14)9-6-4-3-5-7-9/h3-7,19H,2H2,1H3;3-8,18H,2H2,1H3. The Balaban J connectivity index is 0.000000171. The van der Waals surface area contributed by atoms with Gasteiger partial charge in [0.2, 0.25) is 11.2 Å². The molecule has 6 rings (SSSR count). The minimum atomic E-state index is -0.722. The average molecular weight is 647 g/mol. The van der Waals surface area contributed by atoms with Crippen LogP contribution in [-0.2, 0) is 9.47 Å². The highest BCUT2D eigenvalue weighted by molar-refractivity contribution is 9.10. The third-order valence-electron chi connectivity index (χ3n) is 6.07. The number of fused-ring (bicyclic) bond motifs is 2. The molecule has 43 heavy (non-hydrogen) atoms. The first kappa shape index (κ1) is 29.2. The molecule has 4 heterocycles. The van der Waals surface area contributed by atoms with Crippen molar-refractivity contribution in [1.82, 2.24) is 20.3 Å². The molecule has 0 saturated carbocycles. The molecular weight excluding hydrogens is 624 g/mol. The lowest BCUT2D eigenvalue weighted by Gasteiger charge is -2.05. The lowest BCUT2D eigenvalue weighted by molar-refractivity contribution is 0.0506. The molecule has 0 unspecified atom stereocenters. The van der Waals surface area contributed by atoms with Crippen molar-refractivity contribution >= 4 is 49.8 Å². The van der Waals surface area contributed by atoms with E-state index in [0.717, 1.165) is 11.1 Å². The van der Waals surface area contributed by atoms with Crippen LogP contribution >= 0.6 is 15.9 Å². The molecule has 218 valence electrons. The number of carbonyl (C=O) groups excluding carboxylic acids is 2. The van der Waals surface area contributed by atoms with Gasteiger partial charge in [-0.1, -0.05) is 71.0 Å². The van der Waals surface area contributed by atoms with E-state index in [4.69, 9.17) is 18.5 Å². The molecule has 12 nitrogen and oxygen atoms in total. The first-order valence-electron chi connectivity index (χ1n) is 13.0. The van der Waals surface area contributed by atoms with Gasteiger partial charge in [0, 0.05) is 17.3 Å². The van der Waals surface area contributed by atoms with Crippen LogP contribution in [0.1, 0.15) is 34.8 Å². The summed E-state index contributed by atoms with van der Waals surface area (Å²) >= 11 is 3.30. The summed E-state index contributed by atoms with van der Waals surface area (Å²) in [5.41, 5.74) is 2.55. The monoisotopic (exact) mass is 646 g/mol. The van der Waals surface area contributed by atoms with Crippen molar-refractivity contribution in [2.45, 2.75) is 13.8 Å². The van der Waals surface area contributed by atoms with Crippen LogP contribution in [0.25, 0.3) is 44.5 Å². The smallest absolute Gasteiger partial charge is 0.361 e. The van der Waals surface area contributed by atoms with Gasteiger partial charge in [-0.25, -0.2) is 19.6 Å². The number of aromatic nitrogens is 4. The predicted octanol–water partition coefficient (Wildman–Crippen LogP) is 6.31. The summed E-state index contributed by atoms with van der Waals surface area (Å²) in [6.07, 6.45) is 1.44. The zero-order valence-electron chi connectivity index (χ0n) is 22.8. The molecule has 6 aromatic rings. The van der Waals surface area contributed by atoms with Crippen LogP contribution in [-0.4, -0.2) is 55.6 Å². The Kier molecular flexibility index (Phi) is 8.62. The minimum absolute atomic E-state index is 0.0868. The molecule has 0 aliphatic heterocycles. The topological polar surface area (TPSA) is 171 Å². The molecule has 0 spiro atoms. The summed E-state index contributed by atoms with van der Waals surface area (Å²) in [4.78, 5) is 31.5. The first-order valence-corrected chi connectivity index (χ1v) is 13.7. The molecule has 0 aliphatic carbocycles.